The first-order valence-corrected chi connectivity index (χ1v) is 5.81. The maximum Gasteiger partial charge on any atom is 0.315 e. The molecule has 92 valence electrons. The van der Waals surface area contributed by atoms with Crippen molar-refractivity contribution in [3.05, 3.63) is 25.0 Å². The third kappa shape index (κ3) is 1.88. The molecule has 2 aliphatic carbocycles. The lowest BCUT2D eigenvalue weighted by Gasteiger charge is -2.22. The fourth-order valence-electron chi connectivity index (χ4n) is 2.77. The molecule has 2 aliphatic rings. The maximum atomic E-state index is 11.9. The number of ether oxygens (including phenoxy) is 2. The SMILES string of the molecule is C=COC(=O)C1CC2(C(=O)OCC)C=CC1C2. The van der Waals surface area contributed by atoms with E-state index >= 15 is 0 Å². The summed E-state index contributed by atoms with van der Waals surface area (Å²) in [5.41, 5.74) is -0.606. The summed E-state index contributed by atoms with van der Waals surface area (Å²) < 4.78 is 9.87. The highest BCUT2D eigenvalue weighted by molar-refractivity contribution is 5.84. The molecule has 0 aromatic rings. The van der Waals surface area contributed by atoms with Gasteiger partial charge in [0.1, 0.15) is 0 Å². The lowest BCUT2D eigenvalue weighted by atomic mass is 9.84. The van der Waals surface area contributed by atoms with E-state index in [1.807, 2.05) is 12.2 Å². The number of allylic oxidation sites excluding steroid dienone is 1. The van der Waals surface area contributed by atoms with E-state index in [0.717, 1.165) is 6.26 Å². The van der Waals surface area contributed by atoms with Gasteiger partial charge < -0.3 is 9.47 Å². The van der Waals surface area contributed by atoms with Gasteiger partial charge in [-0.05, 0) is 25.7 Å². The van der Waals surface area contributed by atoms with Gasteiger partial charge in [0, 0.05) is 0 Å². The van der Waals surface area contributed by atoms with Crippen LogP contribution in [0.2, 0.25) is 0 Å². The van der Waals surface area contributed by atoms with Crippen molar-refractivity contribution in [1.29, 1.82) is 0 Å². The highest BCUT2D eigenvalue weighted by atomic mass is 16.5. The molecule has 0 saturated heterocycles. The topological polar surface area (TPSA) is 52.6 Å². The Bertz CT molecular complexity index is 385. The largest absolute Gasteiger partial charge is 0.465 e. The van der Waals surface area contributed by atoms with Gasteiger partial charge in [0.25, 0.3) is 0 Å². The molecule has 1 saturated carbocycles. The molecule has 2 rings (SSSR count). The summed E-state index contributed by atoms with van der Waals surface area (Å²) >= 11 is 0. The Balaban J connectivity index is 2.11. The van der Waals surface area contributed by atoms with Crippen molar-refractivity contribution in [3.63, 3.8) is 0 Å². The second kappa shape index (κ2) is 4.35. The standard InChI is InChI=1S/C13H16O4/c1-3-16-11(14)10-8-13(12(15)17-4-2)6-5-9(10)7-13/h3,5-6,9-10H,1,4,7-8H2,2H3. The molecule has 0 amide bonds. The molecule has 0 radical (unpaired) electrons. The van der Waals surface area contributed by atoms with Gasteiger partial charge in [-0.15, -0.1) is 0 Å². The van der Waals surface area contributed by atoms with Gasteiger partial charge in [-0.3, -0.25) is 9.59 Å². The van der Waals surface area contributed by atoms with E-state index in [2.05, 4.69) is 6.58 Å². The Morgan fingerprint density at radius 3 is 2.94 bits per heavy atom. The molecule has 0 aromatic carbocycles. The van der Waals surface area contributed by atoms with Crippen molar-refractivity contribution >= 4 is 11.9 Å². The van der Waals surface area contributed by atoms with Gasteiger partial charge in [0.05, 0.1) is 24.2 Å². The summed E-state index contributed by atoms with van der Waals surface area (Å²) in [5.74, 6) is -0.692. The monoisotopic (exact) mass is 236 g/mol. The van der Waals surface area contributed by atoms with Crippen LogP contribution in [-0.4, -0.2) is 18.5 Å². The van der Waals surface area contributed by atoms with Crippen molar-refractivity contribution in [2.45, 2.75) is 19.8 Å². The summed E-state index contributed by atoms with van der Waals surface area (Å²) in [7, 11) is 0. The Hall–Kier alpha value is -1.58. The number of rotatable bonds is 4. The van der Waals surface area contributed by atoms with Crippen LogP contribution in [0.4, 0.5) is 0 Å². The van der Waals surface area contributed by atoms with Crippen molar-refractivity contribution < 1.29 is 19.1 Å². The molecular formula is C13H16O4. The average molecular weight is 236 g/mol. The Kier molecular flexibility index (Phi) is 3.05. The van der Waals surface area contributed by atoms with E-state index < -0.39 is 5.41 Å². The highest BCUT2D eigenvalue weighted by Gasteiger charge is 2.55. The van der Waals surface area contributed by atoms with Crippen LogP contribution < -0.4 is 0 Å². The minimum atomic E-state index is -0.606. The van der Waals surface area contributed by atoms with Gasteiger partial charge in [0.15, 0.2) is 0 Å². The Labute approximate surface area is 100 Å². The number of carbonyl (C=O) groups is 2. The Morgan fingerprint density at radius 2 is 2.29 bits per heavy atom. The normalized spacial score (nSPS) is 33.5. The third-order valence-corrected chi connectivity index (χ3v) is 3.55. The van der Waals surface area contributed by atoms with Gasteiger partial charge in [-0.1, -0.05) is 18.7 Å². The van der Waals surface area contributed by atoms with E-state index in [1.165, 1.54) is 0 Å². The van der Waals surface area contributed by atoms with Crippen LogP contribution in [0.15, 0.2) is 25.0 Å². The zero-order valence-electron chi connectivity index (χ0n) is 9.85. The van der Waals surface area contributed by atoms with Crippen molar-refractivity contribution in [2.75, 3.05) is 6.61 Å². The molecule has 0 heterocycles. The first kappa shape index (κ1) is 11.9. The second-order valence-electron chi connectivity index (χ2n) is 4.52. The summed E-state index contributed by atoms with van der Waals surface area (Å²) in [6.45, 7) is 5.51. The highest BCUT2D eigenvalue weighted by Crippen LogP contribution is 2.53. The summed E-state index contributed by atoms with van der Waals surface area (Å²) in [4.78, 5) is 23.6. The summed E-state index contributed by atoms with van der Waals surface area (Å²) in [6.07, 6.45) is 6.08. The van der Waals surface area contributed by atoms with Crippen LogP contribution in [0.3, 0.4) is 0 Å². The zero-order chi connectivity index (χ0) is 12.5. The molecule has 17 heavy (non-hydrogen) atoms. The molecule has 4 nitrogen and oxygen atoms in total. The molecule has 4 heteroatoms. The maximum absolute atomic E-state index is 11.9. The van der Waals surface area contributed by atoms with E-state index in [1.54, 1.807) is 6.92 Å². The smallest absolute Gasteiger partial charge is 0.315 e. The van der Waals surface area contributed by atoms with Crippen LogP contribution in [0.1, 0.15) is 19.8 Å². The van der Waals surface area contributed by atoms with E-state index in [-0.39, 0.29) is 23.8 Å². The van der Waals surface area contributed by atoms with Gasteiger partial charge >= 0.3 is 11.9 Å². The van der Waals surface area contributed by atoms with Crippen LogP contribution in [0, 0.1) is 17.3 Å². The fraction of sp³-hybridized carbons (Fsp3) is 0.538. The van der Waals surface area contributed by atoms with Crippen LogP contribution in [0.5, 0.6) is 0 Å². The first-order chi connectivity index (χ1) is 8.13. The molecule has 3 unspecified atom stereocenters. The van der Waals surface area contributed by atoms with Gasteiger partial charge in [-0.2, -0.15) is 0 Å². The number of fused-ring (bicyclic) bond motifs is 2. The predicted molar refractivity (Wildman–Crippen MR) is 60.7 cm³/mol. The Morgan fingerprint density at radius 1 is 1.53 bits per heavy atom. The van der Waals surface area contributed by atoms with Crippen LogP contribution in [0.25, 0.3) is 0 Å². The molecular weight excluding hydrogens is 220 g/mol. The molecule has 0 aliphatic heterocycles. The molecule has 0 spiro atoms. The molecule has 0 N–H and O–H groups in total. The number of hydrogen-bond acceptors (Lipinski definition) is 4. The minimum absolute atomic E-state index is 0.0897. The molecule has 3 atom stereocenters. The fourth-order valence-corrected chi connectivity index (χ4v) is 2.77. The van der Waals surface area contributed by atoms with E-state index in [9.17, 15) is 9.59 Å². The van der Waals surface area contributed by atoms with Crippen LogP contribution in [-0.2, 0) is 19.1 Å². The quantitative estimate of drug-likeness (QED) is 0.424. The lowest BCUT2D eigenvalue weighted by Crippen LogP contribution is -2.29. The summed E-state index contributed by atoms with van der Waals surface area (Å²) in [6, 6.07) is 0. The first-order valence-electron chi connectivity index (χ1n) is 5.81. The number of carbonyl (C=O) groups excluding carboxylic acids is 2. The average Bonchev–Trinajstić information content (AvgIpc) is 2.88. The molecule has 0 aromatic heterocycles. The minimum Gasteiger partial charge on any atom is -0.465 e. The zero-order valence-corrected chi connectivity index (χ0v) is 9.85. The van der Waals surface area contributed by atoms with E-state index in [4.69, 9.17) is 9.47 Å². The summed E-state index contributed by atoms with van der Waals surface area (Å²) in [5, 5.41) is 0. The second-order valence-corrected chi connectivity index (χ2v) is 4.52. The van der Waals surface area contributed by atoms with Gasteiger partial charge in [-0.25, -0.2) is 0 Å². The molecule has 2 bridgehead atoms. The van der Waals surface area contributed by atoms with Crippen molar-refractivity contribution in [3.8, 4) is 0 Å². The van der Waals surface area contributed by atoms with Crippen molar-refractivity contribution in [2.24, 2.45) is 17.3 Å². The van der Waals surface area contributed by atoms with Crippen LogP contribution >= 0.6 is 0 Å². The third-order valence-electron chi connectivity index (χ3n) is 3.55. The molecule has 1 fully saturated rings. The number of esters is 2. The number of hydrogen-bond donors (Lipinski definition) is 0. The van der Waals surface area contributed by atoms with E-state index in [0.29, 0.717) is 19.4 Å². The predicted octanol–water partition coefficient (Wildman–Crippen LogP) is 1.82. The lowest BCUT2D eigenvalue weighted by molar-refractivity contribution is -0.152. The van der Waals surface area contributed by atoms with Crippen molar-refractivity contribution in [1.82, 2.24) is 0 Å². The van der Waals surface area contributed by atoms with Gasteiger partial charge in [0.2, 0.25) is 0 Å².